The van der Waals surface area contributed by atoms with Crippen LogP contribution in [-0.4, -0.2) is 34.2 Å². The molecule has 0 radical (unpaired) electrons. The molecule has 1 saturated heterocycles. The van der Waals surface area contributed by atoms with Crippen molar-refractivity contribution in [3.05, 3.63) is 70.9 Å². The quantitative estimate of drug-likeness (QED) is 0.523. The number of ketones is 1. The van der Waals surface area contributed by atoms with Crippen LogP contribution in [0.1, 0.15) is 28.5 Å². The number of hydrogen-bond acceptors (Lipinski definition) is 3. The van der Waals surface area contributed by atoms with E-state index in [9.17, 15) is 23.2 Å². The van der Waals surface area contributed by atoms with E-state index in [0.29, 0.717) is 16.6 Å². The summed E-state index contributed by atoms with van der Waals surface area (Å²) in [6.07, 6.45) is 0. The van der Waals surface area contributed by atoms with E-state index in [1.165, 1.54) is 6.92 Å². The number of imide groups is 1. The Morgan fingerprint density at radius 3 is 2.62 bits per heavy atom. The number of aromatic amines is 1. The highest BCUT2D eigenvalue weighted by molar-refractivity contribution is 6.15. The maximum absolute atomic E-state index is 14.2. The molecular formula is C21H17F2N3O3. The number of H-pyrrole nitrogens is 1. The first-order valence-electron chi connectivity index (χ1n) is 8.92. The number of fused-ring (bicyclic) bond motifs is 1. The average Bonchev–Trinajstić information content (AvgIpc) is 3.12. The summed E-state index contributed by atoms with van der Waals surface area (Å²) in [5.74, 6) is -2.83. The lowest BCUT2D eigenvalue weighted by atomic mass is 9.91. The van der Waals surface area contributed by atoms with E-state index in [1.807, 2.05) is 12.1 Å². The molecule has 2 N–H and O–H groups in total. The van der Waals surface area contributed by atoms with Crippen molar-refractivity contribution in [1.29, 1.82) is 0 Å². The van der Waals surface area contributed by atoms with Gasteiger partial charge in [0.05, 0.1) is 6.54 Å². The molecule has 1 aliphatic rings. The largest absolute Gasteiger partial charge is 0.358 e. The zero-order valence-corrected chi connectivity index (χ0v) is 15.7. The van der Waals surface area contributed by atoms with Crippen molar-refractivity contribution in [1.82, 2.24) is 15.2 Å². The molecule has 3 amide bonds. The van der Waals surface area contributed by atoms with Crippen molar-refractivity contribution in [3.8, 4) is 0 Å². The van der Waals surface area contributed by atoms with Gasteiger partial charge in [-0.05, 0) is 38.1 Å². The molecule has 2 heterocycles. The summed E-state index contributed by atoms with van der Waals surface area (Å²) in [6, 6.07) is 9.02. The van der Waals surface area contributed by atoms with Crippen molar-refractivity contribution in [2.75, 3.05) is 6.54 Å². The van der Waals surface area contributed by atoms with Crippen LogP contribution in [0.4, 0.5) is 13.6 Å². The third-order valence-corrected chi connectivity index (χ3v) is 5.22. The first-order valence-corrected chi connectivity index (χ1v) is 8.92. The molecule has 1 aliphatic heterocycles. The van der Waals surface area contributed by atoms with Gasteiger partial charge in [0.15, 0.2) is 5.78 Å². The Morgan fingerprint density at radius 1 is 1.14 bits per heavy atom. The van der Waals surface area contributed by atoms with E-state index in [4.69, 9.17) is 0 Å². The SMILES string of the molecule is Cc1[nH]c2ccccc2c1C(=O)CN1C(=O)NC(C)(c2cc(F)ccc2F)C1=O. The minimum atomic E-state index is -1.81. The summed E-state index contributed by atoms with van der Waals surface area (Å²) in [5, 5.41) is 3.07. The molecule has 0 bridgehead atoms. The summed E-state index contributed by atoms with van der Waals surface area (Å²) in [7, 11) is 0. The Bertz CT molecular complexity index is 1190. The zero-order chi connectivity index (χ0) is 20.9. The first-order chi connectivity index (χ1) is 13.7. The summed E-state index contributed by atoms with van der Waals surface area (Å²) < 4.78 is 27.9. The van der Waals surface area contributed by atoms with Gasteiger partial charge in [-0.15, -0.1) is 0 Å². The van der Waals surface area contributed by atoms with Crippen molar-refractivity contribution >= 4 is 28.6 Å². The van der Waals surface area contributed by atoms with E-state index in [2.05, 4.69) is 10.3 Å². The first kappa shape index (κ1) is 18.8. The molecule has 1 unspecified atom stereocenters. The molecule has 1 fully saturated rings. The minimum Gasteiger partial charge on any atom is -0.358 e. The highest BCUT2D eigenvalue weighted by Crippen LogP contribution is 2.32. The molecule has 6 nitrogen and oxygen atoms in total. The van der Waals surface area contributed by atoms with Gasteiger partial charge in [-0.1, -0.05) is 18.2 Å². The summed E-state index contributed by atoms with van der Waals surface area (Å²) in [5.41, 5.74) is -0.348. The minimum absolute atomic E-state index is 0.297. The van der Waals surface area contributed by atoms with Gasteiger partial charge < -0.3 is 10.3 Å². The lowest BCUT2D eigenvalue weighted by Crippen LogP contribution is -2.42. The highest BCUT2D eigenvalue weighted by atomic mass is 19.1. The van der Waals surface area contributed by atoms with Gasteiger partial charge >= 0.3 is 6.03 Å². The van der Waals surface area contributed by atoms with E-state index in [-0.39, 0.29) is 5.56 Å². The molecule has 0 aliphatic carbocycles. The predicted octanol–water partition coefficient (Wildman–Crippen LogP) is 3.40. The smallest absolute Gasteiger partial charge is 0.325 e. The number of Topliss-reactive ketones (excluding diaryl/α,β-unsaturated/α-hetero) is 1. The van der Waals surface area contributed by atoms with Gasteiger partial charge in [0.2, 0.25) is 0 Å². The number of nitrogens with zero attached hydrogens (tertiary/aromatic N) is 1. The fourth-order valence-electron chi connectivity index (χ4n) is 3.76. The Morgan fingerprint density at radius 2 is 1.86 bits per heavy atom. The number of carbonyl (C=O) groups is 3. The number of nitrogens with one attached hydrogen (secondary N) is 2. The number of urea groups is 1. The number of rotatable bonds is 4. The second-order valence-electron chi connectivity index (χ2n) is 7.16. The number of hydrogen-bond donors (Lipinski definition) is 2. The molecule has 1 atom stereocenters. The molecule has 148 valence electrons. The van der Waals surface area contributed by atoms with E-state index >= 15 is 0 Å². The van der Waals surface area contributed by atoms with Crippen LogP contribution in [-0.2, 0) is 10.3 Å². The van der Waals surface area contributed by atoms with Gasteiger partial charge in [0.25, 0.3) is 5.91 Å². The lowest BCUT2D eigenvalue weighted by Gasteiger charge is -2.22. The summed E-state index contributed by atoms with van der Waals surface area (Å²) in [6.45, 7) is 2.50. The second-order valence-corrected chi connectivity index (χ2v) is 7.16. The molecule has 0 spiro atoms. The van der Waals surface area contributed by atoms with Crippen LogP contribution in [0.3, 0.4) is 0 Å². The number of carbonyl (C=O) groups excluding carboxylic acids is 3. The van der Waals surface area contributed by atoms with Crippen LogP contribution in [0, 0.1) is 18.6 Å². The third-order valence-electron chi connectivity index (χ3n) is 5.22. The van der Waals surface area contributed by atoms with Crippen LogP contribution < -0.4 is 5.32 Å². The predicted molar refractivity (Wildman–Crippen MR) is 101 cm³/mol. The topological polar surface area (TPSA) is 82.3 Å². The number of aromatic nitrogens is 1. The Labute approximate surface area is 164 Å². The second kappa shape index (κ2) is 6.51. The average molecular weight is 397 g/mol. The van der Waals surface area contributed by atoms with Crippen LogP contribution in [0.25, 0.3) is 10.9 Å². The fourth-order valence-corrected chi connectivity index (χ4v) is 3.76. The maximum Gasteiger partial charge on any atom is 0.325 e. The zero-order valence-electron chi connectivity index (χ0n) is 15.7. The van der Waals surface area contributed by atoms with E-state index < -0.39 is 41.4 Å². The number of amides is 3. The van der Waals surface area contributed by atoms with Gasteiger partial charge in [0, 0.05) is 27.7 Å². The van der Waals surface area contributed by atoms with Crippen molar-refractivity contribution in [2.24, 2.45) is 0 Å². The van der Waals surface area contributed by atoms with Crippen molar-refractivity contribution < 1.29 is 23.2 Å². The number of aryl methyl sites for hydroxylation is 1. The number of benzene rings is 2. The lowest BCUT2D eigenvalue weighted by molar-refractivity contribution is -0.130. The van der Waals surface area contributed by atoms with Crippen LogP contribution in [0.2, 0.25) is 0 Å². The van der Waals surface area contributed by atoms with Crippen molar-refractivity contribution in [3.63, 3.8) is 0 Å². The van der Waals surface area contributed by atoms with Gasteiger partial charge in [-0.25, -0.2) is 13.6 Å². The Hall–Kier alpha value is -3.55. The molecule has 8 heteroatoms. The summed E-state index contributed by atoms with van der Waals surface area (Å²) in [4.78, 5) is 42.1. The molecule has 1 aromatic heterocycles. The Kier molecular flexibility index (Phi) is 4.22. The van der Waals surface area contributed by atoms with Gasteiger partial charge in [0.1, 0.15) is 17.2 Å². The van der Waals surface area contributed by atoms with Crippen molar-refractivity contribution in [2.45, 2.75) is 19.4 Å². The van der Waals surface area contributed by atoms with Gasteiger partial charge in [-0.2, -0.15) is 0 Å². The summed E-state index contributed by atoms with van der Waals surface area (Å²) >= 11 is 0. The van der Waals surface area contributed by atoms with Crippen LogP contribution in [0.5, 0.6) is 0 Å². The molecule has 3 aromatic rings. The number of para-hydroxylation sites is 1. The van der Waals surface area contributed by atoms with E-state index in [1.54, 1.807) is 19.1 Å². The van der Waals surface area contributed by atoms with Gasteiger partial charge in [-0.3, -0.25) is 14.5 Å². The molecule has 29 heavy (non-hydrogen) atoms. The normalized spacial score (nSPS) is 19.1. The number of halogens is 2. The third kappa shape index (κ3) is 2.88. The highest BCUT2D eigenvalue weighted by Gasteiger charge is 2.51. The molecule has 0 saturated carbocycles. The maximum atomic E-state index is 14.2. The van der Waals surface area contributed by atoms with Crippen LogP contribution in [0.15, 0.2) is 42.5 Å². The standard InChI is InChI=1S/C21H17F2N3O3/c1-11-18(13-5-3-4-6-16(13)24-11)17(27)10-26-19(28)21(2,25-20(26)29)14-9-12(22)7-8-15(14)23/h3-9,24H,10H2,1-2H3,(H,25,29). The van der Waals surface area contributed by atoms with E-state index in [0.717, 1.165) is 28.6 Å². The Balaban J connectivity index is 1.67. The molecule has 4 rings (SSSR count). The molecular weight excluding hydrogens is 380 g/mol. The fraction of sp³-hybridized carbons (Fsp3) is 0.190. The monoisotopic (exact) mass is 397 g/mol. The van der Waals surface area contributed by atoms with Crippen LogP contribution >= 0.6 is 0 Å². The molecule has 2 aromatic carbocycles.